The molecule has 5 rings (SSSR count). The fourth-order valence-corrected chi connectivity index (χ4v) is 4.44. The summed E-state index contributed by atoms with van der Waals surface area (Å²) >= 11 is 0. The highest BCUT2D eigenvalue weighted by atomic mass is 16.4. The van der Waals surface area contributed by atoms with Gasteiger partial charge in [0.05, 0.1) is 18.3 Å². The van der Waals surface area contributed by atoms with Crippen molar-refractivity contribution in [3.63, 3.8) is 0 Å². The predicted molar refractivity (Wildman–Crippen MR) is 133 cm³/mol. The summed E-state index contributed by atoms with van der Waals surface area (Å²) in [5.74, 6) is -1.92. The zero-order chi connectivity index (χ0) is 25.2. The summed E-state index contributed by atoms with van der Waals surface area (Å²) in [7, 11) is 0. The van der Waals surface area contributed by atoms with Crippen LogP contribution in [-0.4, -0.2) is 11.9 Å². The van der Waals surface area contributed by atoms with Gasteiger partial charge in [0.2, 0.25) is 5.91 Å². The summed E-state index contributed by atoms with van der Waals surface area (Å²) in [5, 5.41) is 15.7. The van der Waals surface area contributed by atoms with Crippen molar-refractivity contribution < 1.29 is 23.5 Å². The molecule has 0 aliphatic rings. The van der Waals surface area contributed by atoms with Crippen molar-refractivity contribution in [2.24, 2.45) is 0 Å². The van der Waals surface area contributed by atoms with Gasteiger partial charge in [-0.05, 0) is 36.1 Å². The van der Waals surface area contributed by atoms with E-state index < -0.39 is 23.5 Å². The molecular formula is C29H22NO6-. The zero-order valence-electron chi connectivity index (χ0n) is 19.4. The molecule has 0 unspecified atom stereocenters. The van der Waals surface area contributed by atoms with E-state index in [0.717, 1.165) is 21.9 Å². The van der Waals surface area contributed by atoms with E-state index in [2.05, 4.69) is 5.32 Å². The van der Waals surface area contributed by atoms with Gasteiger partial charge in [-0.25, -0.2) is 4.79 Å². The molecule has 5 aromatic rings. The van der Waals surface area contributed by atoms with Gasteiger partial charge in [0, 0.05) is 34.4 Å². The third-order valence-corrected chi connectivity index (χ3v) is 6.34. The Labute approximate surface area is 206 Å². The number of carboxylic acid groups (broad SMARTS) is 1. The van der Waals surface area contributed by atoms with Gasteiger partial charge in [0.15, 0.2) is 0 Å². The fraction of sp³-hybridized carbons (Fsp3) is 0.138. The van der Waals surface area contributed by atoms with Gasteiger partial charge in [-0.1, -0.05) is 60.7 Å². The summed E-state index contributed by atoms with van der Waals surface area (Å²) in [6.45, 7) is 1.81. The SMILES string of the molecule is Cc1c(CCC(=O)N[C@H](C(=O)[O-])c2ccccc2)c(=O)oc2cc3occ(-c4ccccc4)c3cc12. The normalized spacial score (nSPS) is 12.0. The molecule has 0 spiro atoms. The van der Waals surface area contributed by atoms with Crippen molar-refractivity contribution in [1.29, 1.82) is 0 Å². The highest BCUT2D eigenvalue weighted by Gasteiger charge is 2.19. The van der Waals surface area contributed by atoms with E-state index in [0.29, 0.717) is 27.9 Å². The van der Waals surface area contributed by atoms with Crippen LogP contribution in [0.2, 0.25) is 0 Å². The second-order valence-corrected chi connectivity index (χ2v) is 8.58. The van der Waals surface area contributed by atoms with Crippen molar-refractivity contribution in [3.05, 3.63) is 106 Å². The number of carbonyl (C=O) groups excluding carboxylic acids is 2. The van der Waals surface area contributed by atoms with E-state index in [1.165, 1.54) is 0 Å². The van der Waals surface area contributed by atoms with Crippen molar-refractivity contribution in [3.8, 4) is 11.1 Å². The number of amides is 1. The van der Waals surface area contributed by atoms with Crippen molar-refractivity contribution in [1.82, 2.24) is 5.32 Å². The van der Waals surface area contributed by atoms with E-state index in [4.69, 9.17) is 8.83 Å². The molecule has 0 aliphatic heterocycles. The molecule has 0 fully saturated rings. The van der Waals surface area contributed by atoms with Gasteiger partial charge in [-0.2, -0.15) is 0 Å². The number of benzene rings is 3. The Morgan fingerprint density at radius 3 is 2.33 bits per heavy atom. The number of furan rings is 1. The molecule has 1 atom stereocenters. The third kappa shape index (κ3) is 4.38. The lowest BCUT2D eigenvalue weighted by molar-refractivity contribution is -0.308. The number of rotatable bonds is 7. The number of hydrogen-bond donors (Lipinski definition) is 1. The molecule has 0 saturated carbocycles. The first-order valence-corrected chi connectivity index (χ1v) is 11.5. The predicted octanol–water partition coefficient (Wildman–Crippen LogP) is 4.05. The fourth-order valence-electron chi connectivity index (χ4n) is 4.44. The number of hydrogen-bond acceptors (Lipinski definition) is 6. The maximum absolute atomic E-state index is 12.7. The molecule has 180 valence electrons. The molecule has 0 bridgehead atoms. The monoisotopic (exact) mass is 480 g/mol. The second-order valence-electron chi connectivity index (χ2n) is 8.58. The molecule has 7 nitrogen and oxygen atoms in total. The lowest BCUT2D eigenvalue weighted by atomic mass is 9.98. The van der Waals surface area contributed by atoms with Crippen molar-refractivity contribution in [2.75, 3.05) is 0 Å². The first-order valence-electron chi connectivity index (χ1n) is 11.5. The molecule has 2 aromatic heterocycles. The topological polar surface area (TPSA) is 113 Å². The van der Waals surface area contributed by atoms with Crippen molar-refractivity contribution in [2.45, 2.75) is 25.8 Å². The van der Waals surface area contributed by atoms with Crippen LogP contribution < -0.4 is 16.0 Å². The van der Waals surface area contributed by atoms with E-state index in [1.807, 2.05) is 43.3 Å². The minimum atomic E-state index is -1.41. The van der Waals surface area contributed by atoms with E-state index in [1.54, 1.807) is 42.7 Å². The molecular weight excluding hydrogens is 458 g/mol. The van der Waals surface area contributed by atoms with Crippen molar-refractivity contribution >= 4 is 33.8 Å². The molecule has 0 saturated heterocycles. The number of nitrogens with one attached hydrogen (secondary N) is 1. The molecule has 0 radical (unpaired) electrons. The van der Waals surface area contributed by atoms with Gasteiger partial charge in [0.1, 0.15) is 11.2 Å². The Morgan fingerprint density at radius 1 is 0.944 bits per heavy atom. The number of fused-ring (bicyclic) bond motifs is 2. The highest BCUT2D eigenvalue weighted by Crippen LogP contribution is 2.34. The van der Waals surface area contributed by atoms with Crippen LogP contribution in [0.4, 0.5) is 0 Å². The molecule has 1 amide bonds. The first-order chi connectivity index (χ1) is 17.4. The third-order valence-electron chi connectivity index (χ3n) is 6.34. The quantitative estimate of drug-likeness (QED) is 0.352. The van der Waals surface area contributed by atoms with Crippen LogP contribution in [0, 0.1) is 6.92 Å². The lowest BCUT2D eigenvalue weighted by Crippen LogP contribution is -2.41. The largest absolute Gasteiger partial charge is 0.548 e. The van der Waals surface area contributed by atoms with E-state index in [9.17, 15) is 19.5 Å². The molecule has 0 aliphatic carbocycles. The Balaban J connectivity index is 1.43. The van der Waals surface area contributed by atoms with Gasteiger partial charge < -0.3 is 24.1 Å². The molecule has 36 heavy (non-hydrogen) atoms. The van der Waals surface area contributed by atoms with E-state index >= 15 is 0 Å². The summed E-state index contributed by atoms with van der Waals surface area (Å²) in [4.78, 5) is 36.9. The standard InChI is InChI=1S/C29H23NO6/c1-17-20(12-13-26(31)30-27(28(32)33)19-10-6-3-7-11-19)29(34)36-25-15-24-22(14-21(17)25)23(16-35-24)18-8-4-2-5-9-18/h2-11,14-16,27H,12-13H2,1H3,(H,30,31)(H,32,33)/p-1/t27-/m0/s1. The number of aryl methyl sites for hydroxylation is 1. The highest BCUT2D eigenvalue weighted by molar-refractivity contribution is 6.02. The Morgan fingerprint density at radius 2 is 1.64 bits per heavy atom. The maximum atomic E-state index is 12.7. The van der Waals surface area contributed by atoms with E-state index in [-0.39, 0.29) is 12.8 Å². The van der Waals surface area contributed by atoms with Crippen LogP contribution in [-0.2, 0) is 16.0 Å². The summed E-state index contributed by atoms with van der Waals surface area (Å²) < 4.78 is 11.3. The molecule has 2 heterocycles. The Kier molecular flexibility index (Phi) is 6.12. The van der Waals surface area contributed by atoms with Crippen LogP contribution in [0.5, 0.6) is 0 Å². The summed E-state index contributed by atoms with van der Waals surface area (Å²) in [6.07, 6.45) is 1.69. The van der Waals surface area contributed by atoms with Crippen LogP contribution in [0.3, 0.4) is 0 Å². The minimum Gasteiger partial charge on any atom is -0.548 e. The Hall–Kier alpha value is -4.65. The number of aliphatic carboxylic acids is 1. The summed E-state index contributed by atoms with van der Waals surface area (Å²) in [6, 6.07) is 20.5. The average Bonchev–Trinajstić information content (AvgIpc) is 3.30. The minimum absolute atomic E-state index is 0.0864. The molecule has 1 N–H and O–H groups in total. The smallest absolute Gasteiger partial charge is 0.339 e. The van der Waals surface area contributed by atoms with Crippen LogP contribution in [0.15, 0.2) is 92.7 Å². The average molecular weight is 480 g/mol. The van der Waals surface area contributed by atoms with Crippen LogP contribution >= 0.6 is 0 Å². The number of carboxylic acids is 1. The van der Waals surface area contributed by atoms with Gasteiger partial charge in [0.25, 0.3) is 0 Å². The van der Waals surface area contributed by atoms with Crippen LogP contribution in [0.1, 0.15) is 29.2 Å². The molecule has 7 heteroatoms. The first kappa shape index (κ1) is 23.1. The van der Waals surface area contributed by atoms with Gasteiger partial charge in [-0.15, -0.1) is 0 Å². The second kappa shape index (κ2) is 9.54. The van der Waals surface area contributed by atoms with Gasteiger partial charge >= 0.3 is 5.63 Å². The van der Waals surface area contributed by atoms with Gasteiger partial charge in [-0.3, -0.25) is 4.79 Å². The summed E-state index contributed by atoms with van der Waals surface area (Å²) in [5.41, 5.74) is 3.87. The Bertz CT molecular complexity index is 1630. The lowest BCUT2D eigenvalue weighted by Gasteiger charge is -2.20. The maximum Gasteiger partial charge on any atom is 0.339 e. The van der Waals surface area contributed by atoms with Crippen LogP contribution in [0.25, 0.3) is 33.1 Å². The zero-order valence-corrected chi connectivity index (χ0v) is 19.4. The number of carbonyl (C=O) groups is 2. The molecule has 3 aromatic carbocycles.